The maximum Gasteiger partial charge on any atom is 0.290 e. The van der Waals surface area contributed by atoms with Crippen molar-refractivity contribution in [3.63, 3.8) is 0 Å². The van der Waals surface area contributed by atoms with Gasteiger partial charge in [0.25, 0.3) is 12.4 Å². The molecule has 3 aliphatic heterocycles. The van der Waals surface area contributed by atoms with E-state index in [9.17, 15) is 4.79 Å². The molecular weight excluding hydrogens is 376 g/mol. The van der Waals surface area contributed by atoms with Crippen molar-refractivity contribution in [2.24, 2.45) is 5.92 Å². The summed E-state index contributed by atoms with van der Waals surface area (Å²) in [6, 6.07) is 6.60. The largest absolute Gasteiger partial charge is 0.483 e. The minimum atomic E-state index is -0.250. The first-order valence-corrected chi connectivity index (χ1v) is 10.6. The number of hydrogen-bond acceptors (Lipinski definition) is 6. The molecule has 0 radical (unpaired) electrons. The number of benzene rings is 1. The molecule has 1 aromatic carbocycles. The summed E-state index contributed by atoms with van der Waals surface area (Å²) in [5.41, 5.74) is 1.79. The zero-order valence-electron chi connectivity index (χ0n) is 16.4. The van der Waals surface area contributed by atoms with E-state index in [0.717, 1.165) is 29.7 Å². The molecule has 0 unspecified atom stereocenters. The van der Waals surface area contributed by atoms with E-state index >= 15 is 0 Å². The Balaban J connectivity index is 0.000000706. The van der Waals surface area contributed by atoms with E-state index in [1.54, 1.807) is 0 Å². The minimum Gasteiger partial charge on any atom is -0.483 e. The van der Waals surface area contributed by atoms with Gasteiger partial charge in [0.05, 0.1) is 4.70 Å². The first kappa shape index (κ1) is 20.5. The van der Waals surface area contributed by atoms with E-state index in [4.69, 9.17) is 9.90 Å². The van der Waals surface area contributed by atoms with Crippen molar-refractivity contribution in [3.05, 3.63) is 23.9 Å². The van der Waals surface area contributed by atoms with Crippen LogP contribution in [-0.2, 0) is 4.79 Å². The number of fused-ring (bicyclic) bond motifs is 4. The third-order valence-electron chi connectivity index (χ3n) is 5.77. The summed E-state index contributed by atoms with van der Waals surface area (Å²) in [6.45, 7) is 9.39. The Labute approximate surface area is 169 Å². The minimum absolute atomic E-state index is 0.0133. The molecule has 2 N–H and O–H groups in total. The number of hydrogen-bond donors (Lipinski definition) is 2. The summed E-state index contributed by atoms with van der Waals surface area (Å²) in [4.78, 5) is 25.9. The second-order valence-corrected chi connectivity index (χ2v) is 8.01. The monoisotopic (exact) mass is 404 g/mol. The summed E-state index contributed by atoms with van der Waals surface area (Å²) in [6.07, 6.45) is 2.41. The Hall–Kier alpha value is -2.19. The molecule has 28 heavy (non-hydrogen) atoms. The molecule has 1 atom stereocenters. The average molecular weight is 405 g/mol. The van der Waals surface area contributed by atoms with Gasteiger partial charge in [-0.05, 0) is 75.4 Å². The van der Waals surface area contributed by atoms with Crippen LogP contribution in [-0.4, -0.2) is 65.5 Å². The molecule has 3 aliphatic rings. The summed E-state index contributed by atoms with van der Waals surface area (Å²) in [5.74, 6) is 0.619. The lowest BCUT2D eigenvalue weighted by Crippen LogP contribution is -2.57. The van der Waals surface area contributed by atoms with Crippen molar-refractivity contribution in [3.8, 4) is 0 Å². The van der Waals surface area contributed by atoms with E-state index in [2.05, 4.69) is 51.5 Å². The lowest BCUT2D eigenvalue weighted by molar-refractivity contribution is -0.122. The smallest absolute Gasteiger partial charge is 0.290 e. The number of anilines is 1. The van der Waals surface area contributed by atoms with Crippen LogP contribution in [0, 0.1) is 5.92 Å². The van der Waals surface area contributed by atoms with Crippen LogP contribution in [0.25, 0.3) is 10.1 Å². The van der Waals surface area contributed by atoms with Gasteiger partial charge in [0.15, 0.2) is 0 Å². The molecule has 4 heterocycles. The number of nitrogens with one attached hydrogen (secondary N) is 1. The molecule has 1 aromatic heterocycles. The number of aromatic nitrogens is 1. The first-order valence-electron chi connectivity index (χ1n) is 9.86. The SMILES string of the molecule is CCN(CC)c1ccc2c(C(=O)N[C@H]3CN4CCC3CC4)nsc2c1.O=CO. The van der Waals surface area contributed by atoms with Gasteiger partial charge in [0.1, 0.15) is 5.69 Å². The fourth-order valence-electron chi connectivity index (χ4n) is 4.24. The molecule has 152 valence electrons. The summed E-state index contributed by atoms with van der Waals surface area (Å²) in [5, 5.41) is 11.1. The standard InChI is InChI=1S/C19H26N4OS.CH2O2/c1-3-23(4-2)14-5-6-15-17(11-14)25-21-18(15)19(24)20-16-12-22-9-7-13(16)8-10-22;2-1-3/h5-6,11,13,16H,3-4,7-10,12H2,1-2H3,(H,20,24);1H,(H,2,3)/t16-;/m0./s1. The number of rotatable bonds is 5. The van der Waals surface area contributed by atoms with Crippen LogP contribution >= 0.6 is 11.5 Å². The predicted molar refractivity (Wildman–Crippen MR) is 112 cm³/mol. The Bertz CT molecular complexity index is 813. The van der Waals surface area contributed by atoms with Gasteiger partial charge >= 0.3 is 0 Å². The zero-order valence-corrected chi connectivity index (χ0v) is 17.2. The summed E-state index contributed by atoms with van der Waals surface area (Å²) in [7, 11) is 0. The molecule has 3 fully saturated rings. The molecule has 1 amide bonds. The van der Waals surface area contributed by atoms with Crippen LogP contribution < -0.4 is 10.2 Å². The van der Waals surface area contributed by atoms with Gasteiger partial charge < -0.3 is 20.2 Å². The Morgan fingerprint density at radius 2 is 2.04 bits per heavy atom. The maximum atomic E-state index is 12.8. The van der Waals surface area contributed by atoms with Crippen LogP contribution in [0.2, 0.25) is 0 Å². The average Bonchev–Trinajstić information content (AvgIpc) is 3.14. The zero-order chi connectivity index (χ0) is 20.1. The number of nitrogens with zero attached hydrogens (tertiary/aromatic N) is 3. The Morgan fingerprint density at radius 3 is 2.61 bits per heavy atom. The van der Waals surface area contributed by atoms with Gasteiger partial charge in [0, 0.05) is 36.7 Å². The van der Waals surface area contributed by atoms with Crippen LogP contribution in [0.4, 0.5) is 5.69 Å². The quantitative estimate of drug-likeness (QED) is 0.745. The van der Waals surface area contributed by atoms with Crippen LogP contribution in [0.15, 0.2) is 18.2 Å². The van der Waals surface area contributed by atoms with Gasteiger partial charge in [-0.3, -0.25) is 9.59 Å². The third-order valence-corrected chi connectivity index (χ3v) is 6.58. The normalized spacial score (nSPS) is 23.0. The van der Waals surface area contributed by atoms with Gasteiger partial charge in [-0.15, -0.1) is 0 Å². The van der Waals surface area contributed by atoms with Gasteiger partial charge in [-0.1, -0.05) is 0 Å². The van der Waals surface area contributed by atoms with E-state index in [0.29, 0.717) is 11.6 Å². The lowest BCUT2D eigenvalue weighted by atomic mass is 9.84. The molecule has 0 saturated carbocycles. The molecule has 7 nitrogen and oxygen atoms in total. The number of carbonyl (C=O) groups is 2. The third kappa shape index (κ3) is 4.28. The van der Waals surface area contributed by atoms with Crippen molar-refractivity contribution in [1.82, 2.24) is 14.6 Å². The molecule has 3 saturated heterocycles. The van der Waals surface area contributed by atoms with Crippen molar-refractivity contribution in [1.29, 1.82) is 0 Å². The van der Waals surface area contributed by atoms with E-state index in [-0.39, 0.29) is 18.4 Å². The Kier molecular flexibility index (Phi) is 6.85. The molecule has 2 bridgehead atoms. The molecular formula is C20H28N4O3S. The summed E-state index contributed by atoms with van der Waals surface area (Å²) >= 11 is 1.42. The van der Waals surface area contributed by atoms with Crippen molar-refractivity contribution >= 4 is 39.7 Å². The van der Waals surface area contributed by atoms with Crippen molar-refractivity contribution in [2.75, 3.05) is 37.6 Å². The van der Waals surface area contributed by atoms with Gasteiger partial charge in [-0.2, -0.15) is 4.37 Å². The van der Waals surface area contributed by atoms with Crippen molar-refractivity contribution in [2.45, 2.75) is 32.7 Å². The topological polar surface area (TPSA) is 85.8 Å². The van der Waals surface area contributed by atoms with E-state index in [1.807, 2.05) is 0 Å². The predicted octanol–water partition coefficient (Wildman–Crippen LogP) is 2.67. The highest BCUT2D eigenvalue weighted by molar-refractivity contribution is 7.13. The van der Waals surface area contributed by atoms with Crippen LogP contribution in [0.3, 0.4) is 0 Å². The highest BCUT2D eigenvalue weighted by Crippen LogP contribution is 2.30. The molecule has 0 aliphatic carbocycles. The number of piperidine rings is 3. The lowest BCUT2D eigenvalue weighted by Gasteiger charge is -2.44. The fourth-order valence-corrected chi connectivity index (χ4v) is 5.05. The highest BCUT2D eigenvalue weighted by Gasteiger charge is 2.35. The molecule has 2 aromatic rings. The van der Waals surface area contributed by atoms with Crippen LogP contribution in [0.5, 0.6) is 0 Å². The number of amides is 1. The number of carbonyl (C=O) groups excluding carboxylic acids is 1. The highest BCUT2D eigenvalue weighted by atomic mass is 32.1. The van der Waals surface area contributed by atoms with Gasteiger partial charge in [0.2, 0.25) is 0 Å². The molecule has 0 spiro atoms. The second-order valence-electron chi connectivity index (χ2n) is 7.21. The maximum absolute atomic E-state index is 12.8. The summed E-state index contributed by atoms with van der Waals surface area (Å²) < 4.78 is 5.56. The molecule has 8 heteroatoms. The second kappa shape index (κ2) is 9.34. The van der Waals surface area contributed by atoms with Gasteiger partial charge in [-0.25, -0.2) is 0 Å². The molecule has 5 rings (SSSR count). The Morgan fingerprint density at radius 1 is 1.36 bits per heavy atom. The van der Waals surface area contributed by atoms with Crippen molar-refractivity contribution < 1.29 is 14.7 Å². The van der Waals surface area contributed by atoms with E-state index in [1.165, 1.54) is 43.2 Å². The first-order chi connectivity index (χ1) is 13.6. The van der Waals surface area contributed by atoms with E-state index < -0.39 is 0 Å². The van der Waals surface area contributed by atoms with Crippen LogP contribution in [0.1, 0.15) is 37.2 Å². The fraction of sp³-hybridized carbons (Fsp3) is 0.550. The number of carboxylic acid groups (broad SMARTS) is 1.